The van der Waals surface area contributed by atoms with Crippen molar-refractivity contribution in [2.24, 2.45) is 0 Å². The number of non-ortho nitro benzene ring substituents is 1. The topological polar surface area (TPSA) is 88.0 Å². The van der Waals surface area contributed by atoms with Crippen molar-refractivity contribution in [1.82, 2.24) is 8.51 Å². The van der Waals surface area contributed by atoms with Crippen LogP contribution in [0.15, 0.2) is 48.5 Å². The van der Waals surface area contributed by atoms with E-state index in [-0.39, 0.29) is 11.6 Å². The summed E-state index contributed by atoms with van der Waals surface area (Å²) in [4.78, 5) is 25.1. The molecule has 7 heteroatoms. The standard InChI is InChI=1S/C15H10IN3O3/c16-18-15(20)11-2-1-10-7-13(17-14(10)8-11)9-3-5-12(6-4-9)19(21)22/h1-8,17H,(H,18,20). The van der Waals surface area contributed by atoms with E-state index in [2.05, 4.69) is 8.51 Å². The zero-order chi connectivity index (χ0) is 15.7. The fourth-order valence-corrected chi connectivity index (χ4v) is 2.55. The van der Waals surface area contributed by atoms with Crippen molar-refractivity contribution in [2.75, 3.05) is 0 Å². The molecule has 2 aromatic carbocycles. The van der Waals surface area contributed by atoms with Gasteiger partial charge in [0.1, 0.15) is 0 Å². The Bertz CT molecular complexity index is 871. The van der Waals surface area contributed by atoms with Crippen LogP contribution in [0.4, 0.5) is 5.69 Å². The van der Waals surface area contributed by atoms with Crippen LogP contribution in [0.3, 0.4) is 0 Å². The number of nitrogens with one attached hydrogen (secondary N) is 2. The predicted molar refractivity (Wildman–Crippen MR) is 91.9 cm³/mol. The molecular formula is C15H10IN3O3. The summed E-state index contributed by atoms with van der Waals surface area (Å²) in [5, 5.41) is 11.6. The summed E-state index contributed by atoms with van der Waals surface area (Å²) in [6.07, 6.45) is 0. The second kappa shape index (κ2) is 5.76. The Morgan fingerprint density at radius 2 is 1.86 bits per heavy atom. The van der Waals surface area contributed by atoms with Gasteiger partial charge in [0.05, 0.1) is 27.8 Å². The molecule has 0 radical (unpaired) electrons. The number of benzene rings is 2. The maximum Gasteiger partial charge on any atom is 0.269 e. The fourth-order valence-electron chi connectivity index (χ4n) is 2.24. The summed E-state index contributed by atoms with van der Waals surface area (Å²) >= 11 is 1.80. The summed E-state index contributed by atoms with van der Waals surface area (Å²) < 4.78 is 2.55. The minimum absolute atomic E-state index is 0.0564. The van der Waals surface area contributed by atoms with E-state index < -0.39 is 4.92 Å². The Morgan fingerprint density at radius 3 is 2.50 bits per heavy atom. The zero-order valence-corrected chi connectivity index (χ0v) is 13.3. The number of aromatic amines is 1. The Balaban J connectivity index is 2.01. The lowest BCUT2D eigenvalue weighted by molar-refractivity contribution is -0.384. The second-order valence-corrected chi connectivity index (χ2v) is 5.25. The molecule has 0 aliphatic heterocycles. The molecule has 0 saturated heterocycles. The summed E-state index contributed by atoms with van der Waals surface area (Å²) in [5.74, 6) is -0.158. The third-order valence-electron chi connectivity index (χ3n) is 3.36. The second-order valence-electron chi connectivity index (χ2n) is 4.71. The molecule has 110 valence electrons. The predicted octanol–water partition coefficient (Wildman–Crippen LogP) is 3.82. The summed E-state index contributed by atoms with van der Waals surface area (Å²) in [5.41, 5.74) is 3.16. The molecule has 0 aliphatic rings. The number of nitro groups is 1. The number of carbonyl (C=O) groups is 1. The largest absolute Gasteiger partial charge is 0.355 e. The van der Waals surface area contributed by atoms with Gasteiger partial charge < -0.3 is 4.98 Å². The number of hydrogen-bond acceptors (Lipinski definition) is 3. The van der Waals surface area contributed by atoms with Crippen molar-refractivity contribution in [3.8, 4) is 11.3 Å². The van der Waals surface area contributed by atoms with Crippen molar-refractivity contribution in [2.45, 2.75) is 0 Å². The van der Waals surface area contributed by atoms with Crippen molar-refractivity contribution in [1.29, 1.82) is 0 Å². The highest BCUT2D eigenvalue weighted by molar-refractivity contribution is 14.1. The number of carbonyl (C=O) groups excluding carboxylic acids is 1. The molecule has 3 aromatic rings. The van der Waals surface area contributed by atoms with Crippen LogP contribution in [0.5, 0.6) is 0 Å². The lowest BCUT2D eigenvalue weighted by Crippen LogP contribution is -2.11. The van der Waals surface area contributed by atoms with Crippen LogP contribution < -0.4 is 3.53 Å². The van der Waals surface area contributed by atoms with Crippen molar-refractivity contribution in [3.05, 3.63) is 64.2 Å². The summed E-state index contributed by atoms with van der Waals surface area (Å²) in [6, 6.07) is 13.7. The number of H-pyrrole nitrogens is 1. The van der Waals surface area contributed by atoms with Crippen LogP contribution in [0, 0.1) is 10.1 Å². The van der Waals surface area contributed by atoms with Gasteiger partial charge in [0.2, 0.25) is 0 Å². The highest BCUT2D eigenvalue weighted by atomic mass is 127. The third-order valence-corrected chi connectivity index (χ3v) is 3.85. The Labute approximate surface area is 139 Å². The smallest absolute Gasteiger partial charge is 0.269 e. The SMILES string of the molecule is O=C(NI)c1ccc2cc(-c3ccc([N+](=O)[O-])cc3)[nH]c2c1. The van der Waals surface area contributed by atoms with E-state index in [1.54, 1.807) is 47.1 Å². The third kappa shape index (κ3) is 2.67. The maximum atomic E-state index is 11.6. The van der Waals surface area contributed by atoms with Crippen LogP contribution >= 0.6 is 22.9 Å². The van der Waals surface area contributed by atoms with Gasteiger partial charge in [-0.1, -0.05) is 6.07 Å². The van der Waals surface area contributed by atoms with Gasteiger partial charge in [-0.05, 0) is 35.9 Å². The van der Waals surface area contributed by atoms with Gasteiger partial charge in [0.15, 0.2) is 0 Å². The number of hydrogen-bond donors (Lipinski definition) is 2. The van der Waals surface area contributed by atoms with Crippen molar-refractivity contribution >= 4 is 45.4 Å². The van der Waals surface area contributed by atoms with Crippen LogP contribution in [0.25, 0.3) is 22.2 Å². The van der Waals surface area contributed by atoms with Crippen molar-refractivity contribution in [3.63, 3.8) is 0 Å². The molecule has 0 spiro atoms. The minimum atomic E-state index is -0.427. The van der Waals surface area contributed by atoms with E-state index in [0.717, 1.165) is 22.2 Å². The van der Waals surface area contributed by atoms with Gasteiger partial charge in [0.25, 0.3) is 11.6 Å². The molecule has 0 fully saturated rings. The van der Waals surface area contributed by atoms with Gasteiger partial charge in [-0.15, -0.1) is 0 Å². The van der Waals surface area contributed by atoms with Crippen LogP contribution in [-0.4, -0.2) is 15.8 Å². The molecule has 22 heavy (non-hydrogen) atoms. The van der Waals surface area contributed by atoms with Gasteiger partial charge in [0, 0.05) is 34.3 Å². The van der Waals surface area contributed by atoms with Crippen LogP contribution in [-0.2, 0) is 0 Å². The first-order valence-corrected chi connectivity index (χ1v) is 7.45. The lowest BCUT2D eigenvalue weighted by atomic mass is 10.1. The maximum absolute atomic E-state index is 11.6. The molecule has 0 aliphatic carbocycles. The number of amides is 1. The summed E-state index contributed by atoms with van der Waals surface area (Å²) in [6.45, 7) is 0. The quantitative estimate of drug-likeness (QED) is 0.300. The number of rotatable bonds is 3. The van der Waals surface area contributed by atoms with Gasteiger partial charge >= 0.3 is 0 Å². The average Bonchev–Trinajstić information content (AvgIpc) is 2.97. The van der Waals surface area contributed by atoms with E-state index >= 15 is 0 Å². The van der Waals surface area contributed by atoms with E-state index in [9.17, 15) is 14.9 Å². The molecule has 0 bridgehead atoms. The number of halogens is 1. The molecule has 3 rings (SSSR count). The molecule has 0 saturated carbocycles. The zero-order valence-electron chi connectivity index (χ0n) is 11.2. The Kier molecular flexibility index (Phi) is 3.80. The molecule has 1 aromatic heterocycles. The Morgan fingerprint density at radius 1 is 1.14 bits per heavy atom. The molecule has 6 nitrogen and oxygen atoms in total. The van der Waals surface area contributed by atoms with Gasteiger partial charge in [-0.25, -0.2) is 0 Å². The fraction of sp³-hybridized carbons (Fsp3) is 0. The first-order chi connectivity index (χ1) is 10.6. The minimum Gasteiger partial charge on any atom is -0.355 e. The first kappa shape index (κ1) is 14.5. The molecule has 1 amide bonds. The number of fused-ring (bicyclic) bond motifs is 1. The molecule has 0 unspecified atom stereocenters. The normalized spacial score (nSPS) is 10.6. The molecular weight excluding hydrogens is 397 g/mol. The first-order valence-electron chi connectivity index (χ1n) is 6.37. The molecule has 2 N–H and O–H groups in total. The summed E-state index contributed by atoms with van der Waals surface area (Å²) in [7, 11) is 0. The molecule has 0 atom stereocenters. The van der Waals surface area contributed by atoms with Gasteiger partial charge in [-0.2, -0.15) is 0 Å². The highest BCUT2D eigenvalue weighted by Gasteiger charge is 2.09. The molecule has 1 heterocycles. The van der Waals surface area contributed by atoms with E-state index in [4.69, 9.17) is 0 Å². The van der Waals surface area contributed by atoms with Crippen molar-refractivity contribution < 1.29 is 9.72 Å². The highest BCUT2D eigenvalue weighted by Crippen LogP contribution is 2.26. The van der Waals surface area contributed by atoms with Crippen LogP contribution in [0.1, 0.15) is 10.4 Å². The monoisotopic (exact) mass is 407 g/mol. The number of nitro benzene ring substituents is 1. The average molecular weight is 407 g/mol. The van der Waals surface area contributed by atoms with E-state index in [1.165, 1.54) is 12.1 Å². The number of nitrogens with zero attached hydrogens (tertiary/aromatic N) is 1. The lowest BCUT2D eigenvalue weighted by Gasteiger charge is -1.98. The Hall–Kier alpha value is -2.42. The van der Waals surface area contributed by atoms with Crippen LogP contribution in [0.2, 0.25) is 0 Å². The van der Waals surface area contributed by atoms with E-state index in [0.29, 0.717) is 5.56 Å². The number of aromatic nitrogens is 1. The van der Waals surface area contributed by atoms with E-state index in [1.807, 2.05) is 12.1 Å². The van der Waals surface area contributed by atoms with Gasteiger partial charge in [-0.3, -0.25) is 18.4 Å².